The molecule has 0 spiro atoms. The van der Waals surface area contributed by atoms with Gasteiger partial charge in [-0.25, -0.2) is 15.0 Å². The Morgan fingerprint density at radius 3 is 0.951 bits per heavy atom. The van der Waals surface area contributed by atoms with Gasteiger partial charge in [0, 0.05) is 129 Å². The Bertz CT molecular complexity index is 7320. The first kappa shape index (κ1) is 73.0. The molecule has 0 saturated carbocycles. The number of hydrogen-bond donors (Lipinski definition) is 0. The molecule has 0 amide bonds. The van der Waals surface area contributed by atoms with Gasteiger partial charge in [0.05, 0.1) is 61.9 Å². The Morgan fingerprint density at radius 2 is 0.459 bits per heavy atom. The van der Waals surface area contributed by atoms with Gasteiger partial charge in [0.15, 0.2) is 0 Å². The molecule has 0 bridgehead atoms. The van der Waals surface area contributed by atoms with E-state index in [-0.39, 0.29) is 0 Å². The van der Waals surface area contributed by atoms with Crippen molar-refractivity contribution >= 4 is 43.6 Å². The summed E-state index contributed by atoms with van der Waals surface area (Å²) >= 11 is 0. The summed E-state index contributed by atoms with van der Waals surface area (Å²) in [6.07, 6.45) is 20.6. The van der Waals surface area contributed by atoms with Crippen LogP contribution in [-0.4, -0.2) is 54.0 Å². The lowest BCUT2D eigenvalue weighted by Gasteiger charge is -2.12. The topological polar surface area (TPSA) is 126 Å². The highest BCUT2D eigenvalue weighted by Gasteiger charge is 2.20. The predicted molar refractivity (Wildman–Crippen MR) is 498 cm³/mol. The van der Waals surface area contributed by atoms with Crippen molar-refractivity contribution in [2.75, 3.05) is 0 Å². The van der Waals surface area contributed by atoms with Crippen molar-refractivity contribution < 1.29 is 0 Å². The number of hydrogen-bond acceptors (Lipinski definition) is 9. The fourth-order valence-corrected chi connectivity index (χ4v) is 16.5. The minimum Gasteiger partial charge on any atom is -0.309 e. The maximum atomic E-state index is 5.27. The second kappa shape index (κ2) is 32.5. The Kier molecular flexibility index (Phi) is 19.4. The molecule has 22 rings (SSSR count). The lowest BCUT2D eigenvalue weighted by atomic mass is 9.96. The molecular formula is C111H73N11. The van der Waals surface area contributed by atoms with Crippen LogP contribution in [0, 0.1) is 0 Å². The third-order valence-electron chi connectivity index (χ3n) is 22.8. The second-order valence-electron chi connectivity index (χ2n) is 30.2. The van der Waals surface area contributed by atoms with E-state index in [9.17, 15) is 0 Å². The fourth-order valence-electron chi connectivity index (χ4n) is 16.5. The average molecular weight is 1560 g/mol. The molecule has 0 fully saturated rings. The molecule has 0 aliphatic rings. The molecule has 572 valence electrons. The van der Waals surface area contributed by atoms with Gasteiger partial charge < -0.3 is 9.13 Å². The van der Waals surface area contributed by atoms with Crippen LogP contribution in [0.25, 0.3) is 212 Å². The number of pyridine rings is 9. The summed E-state index contributed by atoms with van der Waals surface area (Å²) in [5, 5.41) is 4.56. The SMILES string of the molecule is c1ccc(-c2ccc(-n3c4ccncc4c4cc(-c5ccc(-c6cc(-c7cccc(-c8ccccc8)c7)cc(-c7cccc(-c8ccccc8)n7)n6)cc5)ccc43)cc2)cc1.c1cncc(-c2ccc(-c3cc(-c4ccc(-c5ccc6c(c5)c5cnccc5n6-c5ccc(-c6cccnc6)cc5)cc4)cc(-c4ccc(-c5cccnc5)nc4)n3)cc2)c1. The molecule has 122 heavy (non-hydrogen) atoms. The van der Waals surface area contributed by atoms with Crippen molar-refractivity contribution in [3.05, 3.63) is 444 Å². The Morgan fingerprint density at radius 1 is 0.148 bits per heavy atom. The Hall–Kier alpha value is -16.6. The number of rotatable bonds is 16. The van der Waals surface area contributed by atoms with E-state index < -0.39 is 0 Å². The highest BCUT2D eigenvalue weighted by atomic mass is 15.0. The van der Waals surface area contributed by atoms with Gasteiger partial charge >= 0.3 is 0 Å². The molecule has 0 saturated heterocycles. The van der Waals surface area contributed by atoms with Crippen molar-refractivity contribution in [1.29, 1.82) is 0 Å². The van der Waals surface area contributed by atoms with Gasteiger partial charge in [-0.15, -0.1) is 0 Å². The fraction of sp³-hybridized carbons (Fsp3) is 0. The van der Waals surface area contributed by atoms with Crippen molar-refractivity contribution in [1.82, 2.24) is 54.0 Å². The van der Waals surface area contributed by atoms with Gasteiger partial charge in [-0.3, -0.25) is 29.9 Å². The maximum Gasteiger partial charge on any atom is 0.0900 e. The van der Waals surface area contributed by atoms with E-state index in [1.807, 2.05) is 104 Å². The van der Waals surface area contributed by atoms with Crippen LogP contribution < -0.4 is 0 Å². The summed E-state index contributed by atoms with van der Waals surface area (Å²) < 4.78 is 4.66. The van der Waals surface area contributed by atoms with Crippen LogP contribution in [0.3, 0.4) is 0 Å². The molecule has 0 atom stereocenters. The third-order valence-corrected chi connectivity index (χ3v) is 22.8. The molecule has 0 aliphatic heterocycles. The number of benzene rings is 11. The summed E-state index contributed by atoms with van der Waals surface area (Å²) in [7, 11) is 0. The van der Waals surface area contributed by atoms with Crippen molar-refractivity contribution in [2.45, 2.75) is 0 Å². The summed E-state index contributed by atoms with van der Waals surface area (Å²) in [4.78, 5) is 42.3. The monoisotopic (exact) mass is 1560 g/mol. The highest BCUT2D eigenvalue weighted by molar-refractivity contribution is 6.11. The molecule has 11 aromatic carbocycles. The first-order chi connectivity index (χ1) is 60.4. The maximum absolute atomic E-state index is 5.27. The normalized spacial score (nSPS) is 11.3. The molecule has 0 radical (unpaired) electrons. The van der Waals surface area contributed by atoms with Gasteiger partial charge in [0.1, 0.15) is 0 Å². The van der Waals surface area contributed by atoms with E-state index in [0.29, 0.717) is 0 Å². The molecule has 11 heterocycles. The number of aromatic nitrogens is 11. The predicted octanol–water partition coefficient (Wildman–Crippen LogP) is 27.5. The summed E-state index contributed by atoms with van der Waals surface area (Å²) in [5.41, 5.74) is 35.9. The third kappa shape index (κ3) is 14.7. The van der Waals surface area contributed by atoms with Gasteiger partial charge in [-0.05, 0) is 229 Å². The van der Waals surface area contributed by atoms with E-state index in [4.69, 9.17) is 19.9 Å². The molecule has 11 nitrogen and oxygen atoms in total. The summed E-state index contributed by atoms with van der Waals surface area (Å²) in [6.45, 7) is 0. The van der Waals surface area contributed by atoms with E-state index >= 15 is 0 Å². The van der Waals surface area contributed by atoms with Crippen LogP contribution >= 0.6 is 0 Å². The quantitative estimate of drug-likeness (QED) is 0.0929. The minimum atomic E-state index is 0.824. The average Bonchev–Trinajstić information content (AvgIpc) is 1.59. The number of fused-ring (bicyclic) bond motifs is 6. The van der Waals surface area contributed by atoms with Gasteiger partial charge in [-0.2, -0.15) is 0 Å². The highest BCUT2D eigenvalue weighted by Crippen LogP contribution is 2.42. The van der Waals surface area contributed by atoms with E-state index in [1.54, 1.807) is 18.6 Å². The molecule has 0 N–H and O–H groups in total. The van der Waals surface area contributed by atoms with Crippen LogP contribution in [0.15, 0.2) is 444 Å². The molecule has 11 aromatic heterocycles. The van der Waals surface area contributed by atoms with Crippen molar-refractivity contribution in [3.63, 3.8) is 0 Å². The zero-order chi connectivity index (χ0) is 81.1. The molecule has 0 unspecified atom stereocenters. The first-order valence-electron chi connectivity index (χ1n) is 40.7. The Balaban J connectivity index is 0.000000150. The lowest BCUT2D eigenvalue weighted by molar-refractivity contribution is 1.17. The van der Waals surface area contributed by atoms with Crippen LogP contribution in [0.4, 0.5) is 0 Å². The van der Waals surface area contributed by atoms with Gasteiger partial charge in [0.2, 0.25) is 0 Å². The summed E-state index contributed by atoms with van der Waals surface area (Å²) in [6, 6.07) is 132. The first-order valence-corrected chi connectivity index (χ1v) is 40.7. The zero-order valence-corrected chi connectivity index (χ0v) is 66.1. The minimum absolute atomic E-state index is 0.824. The molecular weight excluding hydrogens is 1490 g/mol. The van der Waals surface area contributed by atoms with Crippen molar-refractivity contribution in [3.8, 4) is 168 Å². The van der Waals surface area contributed by atoms with Crippen molar-refractivity contribution in [2.24, 2.45) is 0 Å². The van der Waals surface area contributed by atoms with Crippen LogP contribution in [0.2, 0.25) is 0 Å². The zero-order valence-electron chi connectivity index (χ0n) is 66.1. The van der Waals surface area contributed by atoms with Gasteiger partial charge in [-0.1, -0.05) is 237 Å². The van der Waals surface area contributed by atoms with Crippen LogP contribution in [-0.2, 0) is 0 Å². The van der Waals surface area contributed by atoms with Crippen LogP contribution in [0.1, 0.15) is 0 Å². The standard InChI is InChI=1S/C57H38N4.C54H35N7/c1-4-12-39(13-5-1)41-26-29-49(30-27-41)61-56-31-28-47(35-50(56)51-38-58-33-32-57(51)61)42-22-24-44(25-23-42)54-36-48(46-19-10-18-45(34-46)40-14-6-2-7-15-40)37-55(60-54)53-21-11-20-52(59-53)43-16-8-3-9-17-43;1-4-42(31-55-24-1)37-11-13-40(14-12-37)51-29-46(30-52(60-51)45-17-21-50(59-34-45)44-6-3-26-57-33-44)39-9-7-36(8-10-39)41-18-22-53-48(28-41)49-35-58-27-23-54(49)61(53)47-19-15-38(16-20-47)43-5-2-25-56-32-43/h1-38H;1-35H. The second-order valence-corrected chi connectivity index (χ2v) is 30.2. The Labute approximate surface area is 705 Å². The summed E-state index contributed by atoms with van der Waals surface area (Å²) in [5.74, 6) is 0. The van der Waals surface area contributed by atoms with Gasteiger partial charge in [0.25, 0.3) is 0 Å². The molecule has 0 aliphatic carbocycles. The largest absolute Gasteiger partial charge is 0.309 e. The molecule has 11 heteroatoms. The van der Waals surface area contributed by atoms with E-state index in [0.717, 1.165) is 184 Å². The van der Waals surface area contributed by atoms with E-state index in [1.165, 1.54) is 27.6 Å². The van der Waals surface area contributed by atoms with E-state index in [2.05, 4.69) is 356 Å². The number of nitrogens with zero attached hydrogens (tertiary/aromatic N) is 11. The molecule has 22 aromatic rings. The smallest absolute Gasteiger partial charge is 0.0900 e. The lowest BCUT2D eigenvalue weighted by Crippen LogP contribution is -1.94. The van der Waals surface area contributed by atoms with Crippen LogP contribution in [0.5, 0.6) is 0 Å².